The molecule has 1 atom stereocenters. The molecular weight excluding hydrogens is 514 g/mol. The molecule has 4 heterocycles. The molecule has 6 rings (SSSR count). The summed E-state index contributed by atoms with van der Waals surface area (Å²) in [6, 6.07) is 20.9. The number of pyridine rings is 1. The Balaban J connectivity index is 1.47. The number of imidazole rings is 2. The van der Waals surface area contributed by atoms with Gasteiger partial charge in [-0.05, 0) is 49.6 Å². The van der Waals surface area contributed by atoms with Crippen LogP contribution in [0.1, 0.15) is 36.6 Å². The molecule has 3 N–H and O–H groups in total. The number of fused-ring (bicyclic) bond motifs is 2. The van der Waals surface area contributed by atoms with Crippen molar-refractivity contribution >= 4 is 22.6 Å². The van der Waals surface area contributed by atoms with E-state index in [2.05, 4.69) is 34.1 Å². The van der Waals surface area contributed by atoms with Crippen LogP contribution in [-0.2, 0) is 0 Å². The smallest absolute Gasteiger partial charge is 0.270 e. The van der Waals surface area contributed by atoms with E-state index < -0.39 is 0 Å². The van der Waals surface area contributed by atoms with Crippen LogP contribution in [0.25, 0.3) is 50.6 Å². The maximum atomic E-state index is 13.7. The topological polar surface area (TPSA) is 121 Å². The van der Waals surface area contributed by atoms with Crippen LogP contribution in [0.5, 0.6) is 0 Å². The molecule has 2 aromatic carbocycles. The Kier molecular flexibility index (Phi) is 7.03. The van der Waals surface area contributed by atoms with Gasteiger partial charge in [-0.15, -0.1) is 0 Å². The van der Waals surface area contributed by atoms with Crippen LogP contribution in [0.2, 0.25) is 0 Å². The van der Waals surface area contributed by atoms with Gasteiger partial charge in [0.15, 0.2) is 5.82 Å². The Morgan fingerprint density at radius 1 is 1.00 bits per heavy atom. The van der Waals surface area contributed by atoms with Crippen molar-refractivity contribution in [3.63, 3.8) is 0 Å². The number of hydrogen-bond donors (Lipinski definition) is 3. The van der Waals surface area contributed by atoms with E-state index in [1.54, 1.807) is 10.6 Å². The molecule has 0 saturated heterocycles. The Bertz CT molecular complexity index is 1860. The number of carbonyl (C=O) groups excluding carboxylic acids is 1. The number of aromatic nitrogens is 6. The van der Waals surface area contributed by atoms with E-state index in [1.165, 1.54) is 0 Å². The van der Waals surface area contributed by atoms with Crippen molar-refractivity contribution in [2.45, 2.75) is 33.2 Å². The SMILES string of the molecule is Cc1nc2cc(-c3ccnc(-c4cccn5c(C(=O)N[C@H](CO)CC(C)C)c(-c6ccccc6)nc45)n3)ccc2[nH]1. The van der Waals surface area contributed by atoms with Crippen molar-refractivity contribution in [1.29, 1.82) is 0 Å². The summed E-state index contributed by atoms with van der Waals surface area (Å²) in [5.74, 6) is 1.37. The predicted molar refractivity (Wildman–Crippen MR) is 159 cm³/mol. The number of aromatic amines is 1. The lowest BCUT2D eigenvalue weighted by molar-refractivity contribution is 0.0903. The third kappa shape index (κ3) is 5.19. The van der Waals surface area contributed by atoms with Crippen LogP contribution < -0.4 is 5.32 Å². The van der Waals surface area contributed by atoms with Gasteiger partial charge in [-0.3, -0.25) is 9.20 Å². The molecule has 0 saturated carbocycles. The summed E-state index contributed by atoms with van der Waals surface area (Å²) >= 11 is 0. The minimum atomic E-state index is -0.365. The van der Waals surface area contributed by atoms with Gasteiger partial charge in [-0.25, -0.2) is 19.9 Å². The summed E-state index contributed by atoms with van der Waals surface area (Å²) in [6.07, 6.45) is 4.21. The Morgan fingerprint density at radius 2 is 1.83 bits per heavy atom. The maximum absolute atomic E-state index is 13.7. The third-order valence-corrected chi connectivity index (χ3v) is 7.02. The second-order valence-electron chi connectivity index (χ2n) is 10.6. The van der Waals surface area contributed by atoms with Crippen molar-refractivity contribution in [2.24, 2.45) is 5.92 Å². The molecule has 0 aliphatic carbocycles. The van der Waals surface area contributed by atoms with Gasteiger partial charge in [-0.1, -0.05) is 50.2 Å². The van der Waals surface area contributed by atoms with Crippen LogP contribution in [0.3, 0.4) is 0 Å². The fraction of sp³-hybridized carbons (Fsp3) is 0.219. The molecule has 41 heavy (non-hydrogen) atoms. The third-order valence-electron chi connectivity index (χ3n) is 7.02. The zero-order valence-electron chi connectivity index (χ0n) is 23.2. The van der Waals surface area contributed by atoms with Crippen LogP contribution in [0, 0.1) is 12.8 Å². The van der Waals surface area contributed by atoms with Gasteiger partial charge in [0, 0.05) is 23.5 Å². The van der Waals surface area contributed by atoms with Gasteiger partial charge in [0.25, 0.3) is 5.91 Å². The van der Waals surface area contributed by atoms with Gasteiger partial charge < -0.3 is 15.4 Å². The number of carbonyl (C=O) groups is 1. The normalized spacial score (nSPS) is 12.3. The number of benzene rings is 2. The maximum Gasteiger partial charge on any atom is 0.270 e. The van der Waals surface area contributed by atoms with E-state index in [1.807, 2.05) is 79.9 Å². The van der Waals surface area contributed by atoms with E-state index in [-0.39, 0.29) is 18.6 Å². The van der Waals surface area contributed by atoms with Gasteiger partial charge in [0.1, 0.15) is 22.9 Å². The van der Waals surface area contributed by atoms with Crippen LogP contribution in [0.4, 0.5) is 0 Å². The number of nitrogens with zero attached hydrogens (tertiary/aromatic N) is 5. The zero-order valence-corrected chi connectivity index (χ0v) is 23.2. The lowest BCUT2D eigenvalue weighted by Gasteiger charge is -2.18. The van der Waals surface area contributed by atoms with E-state index in [9.17, 15) is 9.90 Å². The molecule has 9 nitrogen and oxygen atoms in total. The highest BCUT2D eigenvalue weighted by molar-refractivity contribution is 6.00. The number of hydrogen-bond acceptors (Lipinski definition) is 6. The number of aliphatic hydroxyl groups is 1. The highest BCUT2D eigenvalue weighted by atomic mass is 16.3. The molecule has 0 radical (unpaired) electrons. The zero-order chi connectivity index (χ0) is 28.5. The number of aryl methyl sites for hydroxylation is 1. The summed E-state index contributed by atoms with van der Waals surface area (Å²) in [5.41, 5.74) is 6.54. The highest BCUT2D eigenvalue weighted by Crippen LogP contribution is 2.30. The highest BCUT2D eigenvalue weighted by Gasteiger charge is 2.25. The van der Waals surface area contributed by atoms with E-state index >= 15 is 0 Å². The molecule has 0 aliphatic heterocycles. The van der Waals surface area contributed by atoms with Crippen molar-refractivity contribution in [3.8, 4) is 33.9 Å². The first-order valence-electron chi connectivity index (χ1n) is 13.7. The van der Waals surface area contributed by atoms with Gasteiger partial charge in [0.05, 0.1) is 34.9 Å². The Labute approximate surface area is 237 Å². The quantitative estimate of drug-likeness (QED) is 0.234. The summed E-state index contributed by atoms with van der Waals surface area (Å²) in [7, 11) is 0. The number of aliphatic hydroxyl groups excluding tert-OH is 1. The molecule has 206 valence electrons. The molecule has 0 bridgehead atoms. The molecule has 4 aromatic heterocycles. The number of nitrogens with one attached hydrogen (secondary N) is 2. The van der Waals surface area contributed by atoms with Gasteiger partial charge >= 0.3 is 0 Å². The van der Waals surface area contributed by atoms with Crippen molar-refractivity contribution in [2.75, 3.05) is 6.61 Å². The molecule has 0 aliphatic rings. The minimum absolute atomic E-state index is 0.142. The van der Waals surface area contributed by atoms with Crippen molar-refractivity contribution in [3.05, 3.63) is 90.6 Å². The average Bonchev–Trinajstić information content (AvgIpc) is 3.56. The van der Waals surface area contributed by atoms with Crippen molar-refractivity contribution in [1.82, 2.24) is 34.6 Å². The Hall–Kier alpha value is -4.89. The second kappa shape index (κ2) is 10.9. The second-order valence-corrected chi connectivity index (χ2v) is 10.6. The molecule has 0 spiro atoms. The van der Waals surface area contributed by atoms with Crippen molar-refractivity contribution < 1.29 is 9.90 Å². The summed E-state index contributed by atoms with van der Waals surface area (Å²) in [4.78, 5) is 36.0. The van der Waals surface area contributed by atoms with Crippen LogP contribution >= 0.6 is 0 Å². The number of rotatable bonds is 8. The first-order chi connectivity index (χ1) is 19.9. The summed E-state index contributed by atoms with van der Waals surface area (Å²) in [5, 5.41) is 13.0. The molecular formula is C32H31N7O2. The molecule has 1 amide bonds. The van der Waals surface area contributed by atoms with E-state index in [4.69, 9.17) is 9.97 Å². The lowest BCUT2D eigenvalue weighted by atomic mass is 10.0. The van der Waals surface area contributed by atoms with E-state index in [0.717, 1.165) is 33.7 Å². The first kappa shape index (κ1) is 26.3. The molecule has 9 heteroatoms. The predicted octanol–water partition coefficient (Wildman–Crippen LogP) is 5.45. The van der Waals surface area contributed by atoms with E-state index in [0.29, 0.717) is 40.8 Å². The van der Waals surface area contributed by atoms with Crippen LogP contribution in [0.15, 0.2) is 79.1 Å². The summed E-state index contributed by atoms with van der Waals surface area (Å²) in [6.45, 7) is 5.91. The summed E-state index contributed by atoms with van der Waals surface area (Å²) < 4.78 is 1.78. The Morgan fingerprint density at radius 3 is 2.61 bits per heavy atom. The van der Waals surface area contributed by atoms with Crippen LogP contribution in [-0.4, -0.2) is 53.0 Å². The van der Waals surface area contributed by atoms with Gasteiger partial charge in [-0.2, -0.15) is 0 Å². The number of amides is 1. The largest absolute Gasteiger partial charge is 0.394 e. The molecule has 0 unspecified atom stereocenters. The van der Waals surface area contributed by atoms with Gasteiger partial charge in [0.2, 0.25) is 0 Å². The first-order valence-corrected chi connectivity index (χ1v) is 13.7. The molecule has 0 fully saturated rings. The molecule has 6 aromatic rings. The minimum Gasteiger partial charge on any atom is -0.394 e. The monoisotopic (exact) mass is 545 g/mol. The number of H-pyrrole nitrogens is 1. The standard InChI is InChI=1S/C32H31N7O2/c1-19(2)16-23(18-40)36-32(41)29-28(21-8-5-4-6-9-21)38-31-24(10-7-15-39(29)31)30-33-14-13-25(37-30)22-11-12-26-27(17-22)35-20(3)34-26/h4-15,17,19,23,40H,16,18H2,1-3H3,(H,34,35)(H,36,41)/t23-/m0/s1. The average molecular weight is 546 g/mol. The fourth-order valence-corrected chi connectivity index (χ4v) is 5.20. The lowest BCUT2D eigenvalue weighted by Crippen LogP contribution is -2.39. The fourth-order valence-electron chi connectivity index (χ4n) is 5.20.